The SMILES string of the molecule is C=C1C=CCCCCCC(=C)C(=C)C(=C)C1=C. The van der Waals surface area contributed by atoms with Gasteiger partial charge in [-0.2, -0.15) is 0 Å². The molecule has 17 heavy (non-hydrogen) atoms. The minimum atomic E-state index is 0.866. The van der Waals surface area contributed by atoms with Gasteiger partial charge in [-0.05, 0) is 53.5 Å². The summed E-state index contributed by atoms with van der Waals surface area (Å²) in [5.41, 5.74) is 4.65. The van der Waals surface area contributed by atoms with Gasteiger partial charge in [0.15, 0.2) is 0 Å². The summed E-state index contributed by atoms with van der Waals surface area (Å²) in [5, 5.41) is 0. The Morgan fingerprint density at radius 3 is 2.18 bits per heavy atom. The maximum atomic E-state index is 4.08. The predicted octanol–water partition coefficient (Wildman–Crippen LogP) is 5.29. The summed E-state index contributed by atoms with van der Waals surface area (Å²) in [5.74, 6) is 0. The second-order valence-corrected chi connectivity index (χ2v) is 4.57. The first-order valence-corrected chi connectivity index (χ1v) is 6.15. The molecule has 0 heteroatoms. The number of hydrogen-bond acceptors (Lipinski definition) is 0. The van der Waals surface area contributed by atoms with Gasteiger partial charge in [-0.3, -0.25) is 0 Å². The van der Waals surface area contributed by atoms with Gasteiger partial charge in [-0.25, -0.2) is 0 Å². The van der Waals surface area contributed by atoms with E-state index in [0.29, 0.717) is 0 Å². The lowest BCUT2D eigenvalue weighted by molar-refractivity contribution is 0.687. The van der Waals surface area contributed by atoms with Crippen molar-refractivity contribution < 1.29 is 0 Å². The van der Waals surface area contributed by atoms with Gasteiger partial charge in [0, 0.05) is 0 Å². The molecule has 0 saturated carbocycles. The van der Waals surface area contributed by atoms with E-state index in [2.05, 4.69) is 39.0 Å². The molecule has 0 bridgehead atoms. The Morgan fingerprint density at radius 1 is 0.765 bits per heavy atom. The van der Waals surface area contributed by atoms with E-state index in [1.165, 1.54) is 19.3 Å². The van der Waals surface area contributed by atoms with Crippen molar-refractivity contribution in [3.05, 3.63) is 72.9 Å². The van der Waals surface area contributed by atoms with Crippen molar-refractivity contribution in [2.75, 3.05) is 0 Å². The average Bonchev–Trinajstić information content (AvgIpc) is 2.33. The molecule has 0 fully saturated rings. The van der Waals surface area contributed by atoms with Gasteiger partial charge in [0.25, 0.3) is 0 Å². The molecule has 0 spiro atoms. The highest BCUT2D eigenvalue weighted by Crippen LogP contribution is 2.28. The molecular weight excluding hydrogens is 204 g/mol. The van der Waals surface area contributed by atoms with Crippen LogP contribution in [0.5, 0.6) is 0 Å². The van der Waals surface area contributed by atoms with E-state index < -0.39 is 0 Å². The highest BCUT2D eigenvalue weighted by molar-refractivity contribution is 5.59. The fourth-order valence-corrected chi connectivity index (χ4v) is 1.84. The zero-order chi connectivity index (χ0) is 12.8. The van der Waals surface area contributed by atoms with Crippen LogP contribution in [-0.2, 0) is 0 Å². The summed E-state index contributed by atoms with van der Waals surface area (Å²) < 4.78 is 0. The molecule has 0 aliphatic heterocycles. The largest absolute Gasteiger partial charge is 0.0952 e. The van der Waals surface area contributed by atoms with Crippen LogP contribution in [0, 0.1) is 0 Å². The Morgan fingerprint density at radius 2 is 1.47 bits per heavy atom. The van der Waals surface area contributed by atoms with E-state index in [4.69, 9.17) is 0 Å². The van der Waals surface area contributed by atoms with Gasteiger partial charge < -0.3 is 0 Å². The molecule has 0 heterocycles. The monoisotopic (exact) mass is 226 g/mol. The molecule has 0 nitrogen and oxygen atoms in total. The van der Waals surface area contributed by atoms with E-state index in [0.717, 1.165) is 40.7 Å². The molecule has 0 aromatic heterocycles. The topological polar surface area (TPSA) is 0 Å². The molecule has 0 saturated heterocycles. The first-order chi connectivity index (χ1) is 8.04. The molecule has 1 aliphatic carbocycles. The molecule has 1 rings (SSSR count). The second-order valence-electron chi connectivity index (χ2n) is 4.57. The molecule has 1 aliphatic rings. The van der Waals surface area contributed by atoms with Crippen molar-refractivity contribution in [2.24, 2.45) is 0 Å². The smallest absolute Gasteiger partial charge is 0.0187 e. The predicted molar refractivity (Wildman–Crippen MR) is 77.9 cm³/mol. The molecule has 0 aromatic carbocycles. The minimum absolute atomic E-state index is 0.866. The summed E-state index contributed by atoms with van der Waals surface area (Å²) in [6.45, 7) is 20.3. The second kappa shape index (κ2) is 6.24. The number of rotatable bonds is 0. The lowest BCUT2D eigenvalue weighted by Crippen LogP contribution is -1.96. The Kier molecular flexibility index (Phi) is 4.96. The number of allylic oxidation sites excluding steroid dienone is 7. The van der Waals surface area contributed by atoms with E-state index in [1.807, 2.05) is 6.08 Å². The van der Waals surface area contributed by atoms with Crippen molar-refractivity contribution in [1.82, 2.24) is 0 Å². The standard InChI is InChI=1S/C17H22/c1-13-11-9-7-6-8-10-12-14(2)16(4)17(5)15(13)3/h9,11H,1-8,10,12H2. The quantitative estimate of drug-likeness (QED) is 0.526. The van der Waals surface area contributed by atoms with Crippen LogP contribution in [0.3, 0.4) is 0 Å². The van der Waals surface area contributed by atoms with Gasteiger partial charge in [-0.15, -0.1) is 0 Å². The third-order valence-corrected chi connectivity index (χ3v) is 3.21. The maximum absolute atomic E-state index is 4.08. The van der Waals surface area contributed by atoms with E-state index >= 15 is 0 Å². The fourth-order valence-electron chi connectivity index (χ4n) is 1.84. The lowest BCUT2D eigenvalue weighted by Gasteiger charge is -2.15. The molecule has 90 valence electrons. The highest BCUT2D eigenvalue weighted by Gasteiger charge is 2.09. The van der Waals surface area contributed by atoms with Crippen LogP contribution in [0.2, 0.25) is 0 Å². The Hall–Kier alpha value is -1.56. The van der Waals surface area contributed by atoms with Crippen LogP contribution in [0.15, 0.2) is 72.9 Å². The summed E-state index contributed by atoms with van der Waals surface area (Å²) in [4.78, 5) is 0. The molecule has 0 amide bonds. The van der Waals surface area contributed by atoms with Gasteiger partial charge in [0.1, 0.15) is 0 Å². The molecular formula is C17H22. The van der Waals surface area contributed by atoms with Crippen molar-refractivity contribution in [1.29, 1.82) is 0 Å². The fraction of sp³-hybridized carbons (Fsp3) is 0.294. The Balaban J connectivity index is 2.90. The Bertz CT molecular complexity index is 402. The summed E-state index contributed by atoms with van der Waals surface area (Å²) in [7, 11) is 0. The Labute approximate surface area is 105 Å². The van der Waals surface area contributed by atoms with Gasteiger partial charge in [0.05, 0.1) is 0 Å². The first kappa shape index (κ1) is 13.5. The van der Waals surface area contributed by atoms with Crippen molar-refractivity contribution >= 4 is 0 Å². The van der Waals surface area contributed by atoms with Crippen LogP contribution < -0.4 is 0 Å². The minimum Gasteiger partial charge on any atom is -0.0952 e. The van der Waals surface area contributed by atoms with Gasteiger partial charge in [-0.1, -0.05) is 51.5 Å². The maximum Gasteiger partial charge on any atom is -0.0187 e. The van der Waals surface area contributed by atoms with Crippen LogP contribution in [0.4, 0.5) is 0 Å². The molecule has 0 aromatic rings. The van der Waals surface area contributed by atoms with Crippen molar-refractivity contribution in [3.8, 4) is 0 Å². The van der Waals surface area contributed by atoms with Crippen molar-refractivity contribution in [3.63, 3.8) is 0 Å². The zero-order valence-corrected chi connectivity index (χ0v) is 10.7. The van der Waals surface area contributed by atoms with Gasteiger partial charge in [0.2, 0.25) is 0 Å². The van der Waals surface area contributed by atoms with E-state index in [1.54, 1.807) is 0 Å². The third kappa shape index (κ3) is 3.74. The molecule has 0 atom stereocenters. The molecule has 0 radical (unpaired) electrons. The molecule has 0 N–H and O–H groups in total. The summed E-state index contributed by atoms with van der Waals surface area (Å²) in [6, 6.07) is 0. The normalized spacial score (nSPS) is 20.1. The lowest BCUT2D eigenvalue weighted by atomic mass is 9.89. The summed E-state index contributed by atoms with van der Waals surface area (Å²) >= 11 is 0. The van der Waals surface area contributed by atoms with E-state index in [9.17, 15) is 0 Å². The first-order valence-electron chi connectivity index (χ1n) is 6.15. The van der Waals surface area contributed by atoms with Crippen LogP contribution in [0.1, 0.15) is 32.1 Å². The summed E-state index contributed by atoms with van der Waals surface area (Å²) in [6.07, 6.45) is 9.93. The zero-order valence-electron chi connectivity index (χ0n) is 10.7. The van der Waals surface area contributed by atoms with Crippen LogP contribution >= 0.6 is 0 Å². The number of hydrogen-bond donors (Lipinski definition) is 0. The van der Waals surface area contributed by atoms with Crippen LogP contribution in [0.25, 0.3) is 0 Å². The third-order valence-electron chi connectivity index (χ3n) is 3.21. The van der Waals surface area contributed by atoms with Crippen molar-refractivity contribution in [2.45, 2.75) is 32.1 Å². The molecule has 0 unspecified atom stereocenters. The average molecular weight is 226 g/mol. The van der Waals surface area contributed by atoms with E-state index in [-0.39, 0.29) is 0 Å². The van der Waals surface area contributed by atoms with Gasteiger partial charge >= 0.3 is 0 Å². The van der Waals surface area contributed by atoms with Crippen LogP contribution in [-0.4, -0.2) is 0 Å². The highest BCUT2D eigenvalue weighted by atomic mass is 14.1.